The first-order valence-electron chi connectivity index (χ1n) is 25.3. The molecule has 0 bridgehead atoms. The maximum Gasteiger partial charge on any atom is 0.499 e. The van der Waals surface area contributed by atoms with E-state index in [0.29, 0.717) is 0 Å². The van der Waals surface area contributed by atoms with E-state index in [9.17, 15) is 2.74 Å². The third-order valence-corrected chi connectivity index (χ3v) is 14.8. The topological polar surface area (TPSA) is 21.9 Å². The highest BCUT2D eigenvalue weighted by Crippen LogP contribution is 2.56. The van der Waals surface area contributed by atoms with Crippen LogP contribution in [0.25, 0.3) is 83.9 Å². The number of hydrogen-bond donors (Lipinski definition) is 0. The van der Waals surface area contributed by atoms with Gasteiger partial charge < -0.3 is 4.74 Å². The lowest BCUT2D eigenvalue weighted by Gasteiger charge is -2.36. The van der Waals surface area contributed by atoms with Crippen LogP contribution in [0.4, 0.5) is 0 Å². The molecule has 1 atom stereocenters. The number of fused-ring (bicyclic) bond motifs is 5. The minimum Gasteiger partial charge on any atom is -0.392 e. The molecule has 7 aromatic carbocycles. The van der Waals surface area contributed by atoms with Gasteiger partial charge in [0.1, 0.15) is 16.8 Å². The second kappa shape index (κ2) is 14.7. The summed E-state index contributed by atoms with van der Waals surface area (Å²) in [6.07, 6.45) is 2.26. The van der Waals surface area contributed by atoms with Crippen LogP contribution in [-0.2, 0) is 16.7 Å². The zero-order valence-corrected chi connectivity index (χ0v) is 41.3. The normalized spacial score (nSPS) is 16.2. The van der Waals surface area contributed by atoms with Gasteiger partial charge in [-0.3, -0.25) is 0 Å². The van der Waals surface area contributed by atoms with E-state index in [1.54, 1.807) is 0 Å². The van der Waals surface area contributed by atoms with Gasteiger partial charge in [-0.05, 0) is 122 Å². The second-order valence-corrected chi connectivity index (χ2v) is 21.9. The van der Waals surface area contributed by atoms with Crippen LogP contribution in [0.15, 0.2) is 158 Å². The fraction of sp³-hybridized carbons (Fsp3) is 0.250. The predicted octanol–water partition coefficient (Wildman–Crippen LogP) is 15.6. The molecule has 3 aliphatic rings. The van der Waals surface area contributed by atoms with E-state index in [-0.39, 0.29) is 10.8 Å². The number of benzene rings is 7. The van der Waals surface area contributed by atoms with Gasteiger partial charge in [0.05, 0.1) is 5.56 Å². The number of hydrogen-bond acceptors (Lipinski definition) is 1. The van der Waals surface area contributed by atoms with Crippen LogP contribution in [0.2, 0.25) is 0 Å². The van der Waals surface area contributed by atoms with Crippen molar-refractivity contribution in [3.05, 3.63) is 191 Å². The average Bonchev–Trinajstić information content (AvgIpc) is 3.81. The predicted molar refractivity (Wildman–Crippen MR) is 280 cm³/mol. The van der Waals surface area contributed by atoms with Gasteiger partial charge in [0.25, 0.3) is 0 Å². The molecule has 5 heterocycles. The van der Waals surface area contributed by atoms with Crippen molar-refractivity contribution in [1.82, 2.24) is 4.57 Å². The minimum absolute atomic E-state index is 0.146. The maximum absolute atomic E-state index is 9.24. The van der Waals surface area contributed by atoms with Gasteiger partial charge in [-0.2, -0.15) is 4.57 Å². The largest absolute Gasteiger partial charge is 0.499 e. The van der Waals surface area contributed by atoms with E-state index in [1.807, 2.05) is 33.8 Å². The summed E-state index contributed by atoms with van der Waals surface area (Å²) in [6.45, 7) is 23.8. The van der Waals surface area contributed by atoms with Crippen molar-refractivity contribution in [2.24, 2.45) is 0 Å². The highest BCUT2D eigenvalue weighted by Gasteiger charge is 2.69. The Labute approximate surface area is 405 Å². The van der Waals surface area contributed by atoms with Crippen LogP contribution in [0.1, 0.15) is 117 Å². The second-order valence-electron chi connectivity index (χ2n) is 21.9. The standard InChI is InChI=1S/C64H61N3O/c1-38(2)48-19-15-20-49(39(3)4)57(48)43-27-29-47(30-28-43)66-55-22-16-21-50-51-33-45(41-17-13-12-14-18-41)34-52-56-35-44(42-25-23-40(5)24-26-42)31-32-65(56)64(58(51)52)67(59(50)55)61(66)53-36-46(62(6,7)8)37-54(60(53)68-64)63(9,10)11/h12-39H,1-11H3/q+2/i38D,39D. The van der Waals surface area contributed by atoms with E-state index >= 15 is 0 Å². The Morgan fingerprint density at radius 2 is 1.22 bits per heavy atom. The zero-order valence-electron chi connectivity index (χ0n) is 43.3. The molecule has 0 amide bonds. The molecule has 0 fully saturated rings. The number of para-hydroxylation sites is 1. The van der Waals surface area contributed by atoms with Crippen LogP contribution < -0.4 is 13.9 Å². The molecule has 336 valence electrons. The summed E-state index contributed by atoms with van der Waals surface area (Å²) >= 11 is 0. The van der Waals surface area contributed by atoms with E-state index in [0.717, 1.165) is 95.2 Å². The van der Waals surface area contributed by atoms with Crippen molar-refractivity contribution >= 4 is 11.0 Å². The molecule has 0 saturated heterocycles. The molecule has 1 spiro atoms. The molecule has 3 aliphatic heterocycles. The Balaban J connectivity index is 1.22. The molecule has 0 aliphatic carbocycles. The molecular weight excluding hydrogens is 827 g/mol. The molecule has 9 aromatic rings. The van der Waals surface area contributed by atoms with Crippen LogP contribution in [0.5, 0.6) is 5.75 Å². The lowest BCUT2D eigenvalue weighted by Crippen LogP contribution is -2.78. The van der Waals surface area contributed by atoms with Crippen LogP contribution in [0.3, 0.4) is 0 Å². The third kappa shape index (κ3) is 6.05. The lowest BCUT2D eigenvalue weighted by atomic mass is 9.78. The van der Waals surface area contributed by atoms with Gasteiger partial charge in [0.2, 0.25) is 5.69 Å². The Morgan fingerprint density at radius 1 is 0.574 bits per heavy atom. The van der Waals surface area contributed by atoms with Crippen molar-refractivity contribution in [1.29, 1.82) is 0 Å². The number of nitrogens with zero attached hydrogens (tertiary/aromatic N) is 3. The molecule has 68 heavy (non-hydrogen) atoms. The third-order valence-electron chi connectivity index (χ3n) is 14.8. The number of aromatic nitrogens is 3. The smallest absolute Gasteiger partial charge is 0.392 e. The number of ether oxygens (including phenoxy) is 1. The fourth-order valence-corrected chi connectivity index (χ4v) is 11.4. The molecule has 1 unspecified atom stereocenters. The van der Waals surface area contributed by atoms with E-state index in [4.69, 9.17) is 4.74 Å². The highest BCUT2D eigenvalue weighted by molar-refractivity contribution is 5.99. The minimum atomic E-state index is -1.13. The Kier molecular flexibility index (Phi) is 8.68. The quantitative estimate of drug-likeness (QED) is 0.152. The first-order valence-corrected chi connectivity index (χ1v) is 24.3. The first kappa shape index (κ1) is 40.1. The maximum atomic E-state index is 9.24. The highest BCUT2D eigenvalue weighted by atomic mass is 16.5. The zero-order chi connectivity index (χ0) is 49.0. The van der Waals surface area contributed by atoms with E-state index in [1.165, 1.54) is 27.8 Å². The van der Waals surface area contributed by atoms with Gasteiger partial charge in [-0.25, -0.2) is 0 Å². The Bertz CT molecular complexity index is 3620. The summed E-state index contributed by atoms with van der Waals surface area (Å²) in [5, 5.41) is 0. The summed E-state index contributed by atoms with van der Waals surface area (Å²) < 4.78 is 34.0. The van der Waals surface area contributed by atoms with E-state index < -0.39 is 17.6 Å². The van der Waals surface area contributed by atoms with Gasteiger partial charge in [0.15, 0.2) is 23.0 Å². The first-order chi connectivity index (χ1) is 33.1. The molecular formula is C64H61N3O+2. The summed E-state index contributed by atoms with van der Waals surface area (Å²) in [7, 11) is 0. The van der Waals surface area contributed by atoms with Gasteiger partial charge in [-0.1, -0.05) is 172 Å². The van der Waals surface area contributed by atoms with Crippen molar-refractivity contribution in [2.75, 3.05) is 0 Å². The molecule has 4 heteroatoms. The lowest BCUT2D eigenvalue weighted by molar-refractivity contribution is -0.997. The molecule has 0 radical (unpaired) electrons. The van der Waals surface area contributed by atoms with Crippen molar-refractivity contribution in [3.63, 3.8) is 0 Å². The van der Waals surface area contributed by atoms with Crippen LogP contribution >= 0.6 is 0 Å². The van der Waals surface area contributed by atoms with Crippen molar-refractivity contribution in [3.8, 4) is 78.6 Å². The summed E-state index contributed by atoms with van der Waals surface area (Å²) in [4.78, 5) is 0. The van der Waals surface area contributed by atoms with Gasteiger partial charge in [-0.15, -0.1) is 9.13 Å². The number of pyridine rings is 1. The fourth-order valence-electron chi connectivity index (χ4n) is 11.4. The van der Waals surface area contributed by atoms with Crippen molar-refractivity contribution < 1.29 is 16.6 Å². The summed E-state index contributed by atoms with van der Waals surface area (Å²) in [5.74, 6) is -0.917. The molecule has 12 rings (SSSR count). The van der Waals surface area contributed by atoms with E-state index in [2.05, 4.69) is 214 Å². The number of imidazole rings is 1. The summed E-state index contributed by atoms with van der Waals surface area (Å²) in [6, 6.07) is 55.6. The van der Waals surface area contributed by atoms with Gasteiger partial charge >= 0.3 is 11.7 Å². The van der Waals surface area contributed by atoms with Crippen LogP contribution in [0, 0.1) is 6.92 Å². The molecule has 0 saturated carbocycles. The molecule has 4 nitrogen and oxygen atoms in total. The van der Waals surface area contributed by atoms with Crippen LogP contribution in [-0.4, -0.2) is 4.57 Å². The number of rotatable bonds is 6. The van der Waals surface area contributed by atoms with Gasteiger partial charge in [0, 0.05) is 31.6 Å². The molecule has 0 N–H and O–H groups in total. The monoisotopic (exact) mass is 889 g/mol. The SMILES string of the molecule is [2H]C(C)(C)c1cccc(C([2H])(C)C)c1-c1ccc(-n2c3[n+]4c5c(cccc52)-c2cc(-c5ccccc5)cc5c2C4(Oc2c-3cc(C(C)(C)C)cc2C(C)(C)C)[n+]2ccc(-c3ccc(C)cc3)cc2-5)cc1. The molecule has 2 aromatic heterocycles. The Hall–Kier alpha value is -7.04. The van der Waals surface area contributed by atoms with Crippen molar-refractivity contribution in [2.45, 2.75) is 105 Å². The Morgan fingerprint density at radius 3 is 1.88 bits per heavy atom. The number of aryl methyl sites for hydroxylation is 1. The average molecular weight is 890 g/mol. The summed E-state index contributed by atoms with van der Waals surface area (Å²) in [5.41, 5.74) is 21.7.